The summed E-state index contributed by atoms with van der Waals surface area (Å²) >= 11 is 1.68. The van der Waals surface area contributed by atoms with Crippen molar-refractivity contribution in [2.24, 2.45) is 0 Å². The molecule has 22 heavy (non-hydrogen) atoms. The van der Waals surface area contributed by atoms with Crippen molar-refractivity contribution in [2.75, 3.05) is 26.2 Å². The summed E-state index contributed by atoms with van der Waals surface area (Å²) in [6.07, 6.45) is 2.83. The molecular formula is C16H18N2O3S. The molecule has 0 atom stereocenters. The van der Waals surface area contributed by atoms with E-state index >= 15 is 0 Å². The number of thiophene rings is 1. The van der Waals surface area contributed by atoms with E-state index in [1.165, 1.54) is 11.1 Å². The van der Waals surface area contributed by atoms with Gasteiger partial charge in [-0.15, -0.1) is 11.3 Å². The highest BCUT2D eigenvalue weighted by Crippen LogP contribution is 2.14. The first-order valence-electron chi connectivity index (χ1n) is 7.37. The van der Waals surface area contributed by atoms with Crippen LogP contribution in [0.2, 0.25) is 0 Å². The Morgan fingerprint density at radius 1 is 1.09 bits per heavy atom. The van der Waals surface area contributed by atoms with Crippen molar-refractivity contribution in [1.29, 1.82) is 0 Å². The van der Waals surface area contributed by atoms with Gasteiger partial charge in [-0.3, -0.25) is 9.59 Å². The maximum absolute atomic E-state index is 12.2. The summed E-state index contributed by atoms with van der Waals surface area (Å²) in [6, 6.07) is 7.43. The molecule has 3 rings (SSSR count). The van der Waals surface area contributed by atoms with Gasteiger partial charge in [-0.1, -0.05) is 6.07 Å². The second-order valence-corrected chi connectivity index (χ2v) is 6.26. The summed E-state index contributed by atoms with van der Waals surface area (Å²) < 4.78 is 5.13. The smallest absolute Gasteiger partial charge is 0.289 e. The van der Waals surface area contributed by atoms with Crippen LogP contribution in [0.1, 0.15) is 21.9 Å². The van der Waals surface area contributed by atoms with Crippen molar-refractivity contribution in [3.05, 3.63) is 46.5 Å². The third-order valence-corrected chi connectivity index (χ3v) is 4.75. The van der Waals surface area contributed by atoms with E-state index in [1.807, 2.05) is 16.3 Å². The summed E-state index contributed by atoms with van der Waals surface area (Å²) in [4.78, 5) is 29.2. The predicted octanol–water partition coefficient (Wildman–Crippen LogP) is 2.26. The van der Waals surface area contributed by atoms with Crippen LogP contribution < -0.4 is 0 Å². The summed E-state index contributed by atoms with van der Waals surface area (Å²) in [7, 11) is 0. The highest BCUT2D eigenvalue weighted by atomic mass is 32.1. The van der Waals surface area contributed by atoms with Crippen LogP contribution in [0.3, 0.4) is 0 Å². The average Bonchev–Trinajstić information content (AvgIpc) is 3.25. The highest BCUT2D eigenvalue weighted by Gasteiger charge is 2.25. The Hall–Kier alpha value is -2.08. The molecular weight excluding hydrogens is 300 g/mol. The van der Waals surface area contributed by atoms with Gasteiger partial charge in [-0.2, -0.15) is 0 Å². The van der Waals surface area contributed by atoms with Gasteiger partial charge >= 0.3 is 0 Å². The van der Waals surface area contributed by atoms with E-state index in [4.69, 9.17) is 4.42 Å². The van der Waals surface area contributed by atoms with Crippen molar-refractivity contribution < 1.29 is 14.0 Å². The maximum atomic E-state index is 12.2. The van der Waals surface area contributed by atoms with Gasteiger partial charge in [0, 0.05) is 37.5 Å². The molecule has 0 saturated carbocycles. The molecule has 1 saturated heterocycles. The van der Waals surface area contributed by atoms with E-state index in [0.717, 1.165) is 6.42 Å². The zero-order valence-electron chi connectivity index (χ0n) is 12.2. The molecule has 1 fully saturated rings. The Balaban J connectivity index is 1.47. The molecule has 6 heteroatoms. The summed E-state index contributed by atoms with van der Waals surface area (Å²) in [5, 5.41) is 2.03. The molecule has 0 unspecified atom stereocenters. The quantitative estimate of drug-likeness (QED) is 0.869. The van der Waals surface area contributed by atoms with Crippen LogP contribution in [0, 0.1) is 0 Å². The van der Waals surface area contributed by atoms with Crippen molar-refractivity contribution in [2.45, 2.75) is 12.8 Å². The maximum Gasteiger partial charge on any atom is 0.289 e. The fourth-order valence-electron chi connectivity index (χ4n) is 2.56. The molecule has 0 N–H and O–H groups in total. The van der Waals surface area contributed by atoms with Crippen LogP contribution in [0.4, 0.5) is 0 Å². The van der Waals surface area contributed by atoms with E-state index in [9.17, 15) is 9.59 Å². The molecule has 0 aromatic carbocycles. The predicted molar refractivity (Wildman–Crippen MR) is 83.8 cm³/mol. The molecule has 116 valence electrons. The van der Waals surface area contributed by atoms with Gasteiger partial charge in [0.1, 0.15) is 0 Å². The number of rotatable bonds is 4. The van der Waals surface area contributed by atoms with Crippen LogP contribution >= 0.6 is 11.3 Å². The third-order valence-electron chi connectivity index (χ3n) is 3.82. The molecule has 0 spiro atoms. The van der Waals surface area contributed by atoms with Crippen LogP contribution in [-0.2, 0) is 11.2 Å². The number of carbonyl (C=O) groups excluding carboxylic acids is 2. The molecule has 0 bridgehead atoms. The average molecular weight is 318 g/mol. The van der Waals surface area contributed by atoms with Crippen molar-refractivity contribution >= 4 is 23.2 Å². The zero-order chi connectivity index (χ0) is 15.4. The molecule has 1 aliphatic heterocycles. The number of nitrogens with zero attached hydrogens (tertiary/aromatic N) is 2. The topological polar surface area (TPSA) is 53.8 Å². The number of amides is 2. The normalized spacial score (nSPS) is 15.1. The van der Waals surface area contributed by atoms with E-state index in [0.29, 0.717) is 38.4 Å². The first-order chi connectivity index (χ1) is 10.7. The van der Waals surface area contributed by atoms with Crippen molar-refractivity contribution in [3.8, 4) is 0 Å². The number of furan rings is 1. The van der Waals surface area contributed by atoms with Crippen LogP contribution in [0.15, 0.2) is 40.3 Å². The minimum atomic E-state index is -0.101. The van der Waals surface area contributed by atoms with Crippen molar-refractivity contribution in [3.63, 3.8) is 0 Å². The Kier molecular flexibility index (Phi) is 4.58. The fraction of sp³-hybridized carbons (Fsp3) is 0.375. The summed E-state index contributed by atoms with van der Waals surface area (Å²) in [5.41, 5.74) is 0. The first kappa shape index (κ1) is 14.8. The number of aryl methyl sites for hydroxylation is 1. The SMILES string of the molecule is O=C(CCc1cccs1)N1CCN(C(=O)c2ccco2)CC1. The van der Waals surface area contributed by atoms with Crippen molar-refractivity contribution in [1.82, 2.24) is 9.80 Å². The fourth-order valence-corrected chi connectivity index (χ4v) is 3.27. The first-order valence-corrected chi connectivity index (χ1v) is 8.25. The lowest BCUT2D eigenvalue weighted by atomic mass is 10.2. The second kappa shape index (κ2) is 6.79. The van der Waals surface area contributed by atoms with Gasteiger partial charge in [0.2, 0.25) is 5.91 Å². The molecule has 3 heterocycles. The Labute approximate surface area is 133 Å². The van der Waals surface area contributed by atoms with Gasteiger partial charge in [-0.05, 0) is 30.0 Å². The summed E-state index contributed by atoms with van der Waals surface area (Å²) in [5.74, 6) is 0.423. The van der Waals surface area contributed by atoms with E-state index in [1.54, 1.807) is 28.4 Å². The van der Waals surface area contributed by atoms with E-state index in [2.05, 4.69) is 6.07 Å². The molecule has 0 radical (unpaired) electrons. The van der Waals surface area contributed by atoms with Gasteiger partial charge in [0.15, 0.2) is 5.76 Å². The lowest BCUT2D eigenvalue weighted by molar-refractivity contribution is -0.132. The van der Waals surface area contributed by atoms with Gasteiger partial charge in [0.05, 0.1) is 6.26 Å². The largest absolute Gasteiger partial charge is 0.459 e. The molecule has 1 aliphatic rings. The summed E-state index contributed by atoms with van der Waals surface area (Å²) in [6.45, 7) is 2.31. The standard InChI is InChI=1S/C16H18N2O3S/c19-15(6-5-13-3-2-12-22-13)17-7-9-18(10-8-17)16(20)14-4-1-11-21-14/h1-4,11-12H,5-10H2. The number of hydrogen-bond acceptors (Lipinski definition) is 4. The lowest BCUT2D eigenvalue weighted by Gasteiger charge is -2.34. The Bertz CT molecular complexity index is 614. The van der Waals surface area contributed by atoms with Gasteiger partial charge in [-0.25, -0.2) is 0 Å². The van der Waals surface area contributed by atoms with E-state index < -0.39 is 0 Å². The van der Waals surface area contributed by atoms with Crippen LogP contribution in [0.5, 0.6) is 0 Å². The van der Waals surface area contributed by atoms with Crippen LogP contribution in [0.25, 0.3) is 0 Å². The molecule has 0 aliphatic carbocycles. The number of carbonyl (C=O) groups is 2. The zero-order valence-corrected chi connectivity index (χ0v) is 13.1. The Morgan fingerprint density at radius 3 is 2.50 bits per heavy atom. The molecule has 2 aromatic heterocycles. The second-order valence-electron chi connectivity index (χ2n) is 5.23. The van der Waals surface area contributed by atoms with Gasteiger partial charge in [0.25, 0.3) is 5.91 Å². The molecule has 2 amide bonds. The molecule has 5 nitrogen and oxygen atoms in total. The lowest BCUT2D eigenvalue weighted by Crippen LogP contribution is -2.50. The molecule has 2 aromatic rings. The van der Waals surface area contributed by atoms with Gasteiger partial charge < -0.3 is 14.2 Å². The number of piperazine rings is 1. The monoisotopic (exact) mass is 318 g/mol. The third kappa shape index (κ3) is 3.39. The minimum absolute atomic E-state index is 0.101. The van der Waals surface area contributed by atoms with Crippen LogP contribution in [-0.4, -0.2) is 47.8 Å². The highest BCUT2D eigenvalue weighted by molar-refractivity contribution is 7.09. The number of hydrogen-bond donors (Lipinski definition) is 0. The van der Waals surface area contributed by atoms with E-state index in [-0.39, 0.29) is 11.8 Å². The Morgan fingerprint density at radius 2 is 1.86 bits per heavy atom. The minimum Gasteiger partial charge on any atom is -0.459 e.